The van der Waals surface area contributed by atoms with Crippen LogP contribution in [0.3, 0.4) is 0 Å². The third-order valence-corrected chi connectivity index (χ3v) is 5.22. The van der Waals surface area contributed by atoms with E-state index in [4.69, 9.17) is 0 Å². The van der Waals surface area contributed by atoms with Crippen molar-refractivity contribution in [1.82, 2.24) is 4.90 Å². The molecule has 0 bridgehead atoms. The Morgan fingerprint density at radius 3 is 2.35 bits per heavy atom. The minimum Gasteiger partial charge on any atom is -0.480 e. The summed E-state index contributed by atoms with van der Waals surface area (Å²) >= 11 is 0. The maximum Gasteiger partial charge on any atom is 0.326 e. The molecular formula is C16H27NO3. The summed E-state index contributed by atoms with van der Waals surface area (Å²) in [6.07, 6.45) is 6.64. The highest BCUT2D eigenvalue weighted by atomic mass is 16.4. The normalized spacial score (nSPS) is 34.8. The second kappa shape index (κ2) is 6.59. The summed E-state index contributed by atoms with van der Waals surface area (Å²) < 4.78 is 0. The molecule has 4 nitrogen and oxygen atoms in total. The summed E-state index contributed by atoms with van der Waals surface area (Å²) in [7, 11) is 0. The lowest BCUT2D eigenvalue weighted by Gasteiger charge is -2.39. The topological polar surface area (TPSA) is 57.6 Å². The van der Waals surface area contributed by atoms with Crippen molar-refractivity contribution in [2.45, 2.75) is 64.8 Å². The van der Waals surface area contributed by atoms with Crippen LogP contribution in [0.15, 0.2) is 0 Å². The van der Waals surface area contributed by atoms with E-state index in [0.717, 1.165) is 38.5 Å². The van der Waals surface area contributed by atoms with Gasteiger partial charge in [-0.15, -0.1) is 0 Å². The molecule has 1 amide bonds. The van der Waals surface area contributed by atoms with Gasteiger partial charge in [0.05, 0.1) is 0 Å². The highest BCUT2D eigenvalue weighted by molar-refractivity contribution is 5.85. The molecule has 1 saturated heterocycles. The number of carbonyl (C=O) groups is 2. The summed E-state index contributed by atoms with van der Waals surface area (Å²) in [4.78, 5) is 25.8. The Labute approximate surface area is 121 Å². The molecule has 1 aliphatic heterocycles. The van der Waals surface area contributed by atoms with E-state index in [1.807, 2.05) is 0 Å². The minimum absolute atomic E-state index is 0.0613. The van der Waals surface area contributed by atoms with Crippen LogP contribution < -0.4 is 0 Å². The molecule has 1 heterocycles. The lowest BCUT2D eigenvalue weighted by atomic mass is 9.81. The Balaban J connectivity index is 2.02. The zero-order chi connectivity index (χ0) is 14.7. The monoisotopic (exact) mass is 281 g/mol. The summed E-state index contributed by atoms with van der Waals surface area (Å²) in [5.74, 6) is 0.484. The first-order valence-electron chi connectivity index (χ1n) is 8.06. The van der Waals surface area contributed by atoms with Crippen LogP contribution >= 0.6 is 0 Å². The van der Waals surface area contributed by atoms with Gasteiger partial charge in [-0.25, -0.2) is 4.79 Å². The van der Waals surface area contributed by atoms with Gasteiger partial charge in [0.25, 0.3) is 0 Å². The number of amides is 1. The van der Waals surface area contributed by atoms with E-state index < -0.39 is 12.0 Å². The highest BCUT2D eigenvalue weighted by Crippen LogP contribution is 2.33. The van der Waals surface area contributed by atoms with Crippen molar-refractivity contribution in [2.24, 2.45) is 17.8 Å². The fraction of sp³-hybridized carbons (Fsp3) is 0.875. The van der Waals surface area contributed by atoms with Crippen molar-refractivity contribution < 1.29 is 14.7 Å². The van der Waals surface area contributed by atoms with Gasteiger partial charge >= 0.3 is 5.97 Å². The third kappa shape index (κ3) is 3.33. The summed E-state index contributed by atoms with van der Waals surface area (Å²) in [6.45, 7) is 4.96. The molecule has 0 radical (unpaired) electrons. The lowest BCUT2D eigenvalue weighted by molar-refractivity contribution is -0.155. The number of carboxylic acids is 1. The smallest absolute Gasteiger partial charge is 0.326 e. The summed E-state index contributed by atoms with van der Waals surface area (Å²) in [5.41, 5.74) is 0. The van der Waals surface area contributed by atoms with E-state index in [1.165, 1.54) is 0 Å². The molecule has 2 unspecified atom stereocenters. The first kappa shape index (κ1) is 15.3. The van der Waals surface area contributed by atoms with Gasteiger partial charge in [-0.3, -0.25) is 4.79 Å². The second-order valence-corrected chi connectivity index (χ2v) is 6.64. The minimum atomic E-state index is -0.833. The number of carboxylic acid groups (broad SMARTS) is 1. The van der Waals surface area contributed by atoms with Crippen LogP contribution in [0.5, 0.6) is 0 Å². The van der Waals surface area contributed by atoms with Crippen LogP contribution in [0, 0.1) is 17.8 Å². The zero-order valence-electron chi connectivity index (χ0n) is 12.7. The van der Waals surface area contributed by atoms with Crippen molar-refractivity contribution >= 4 is 11.9 Å². The van der Waals surface area contributed by atoms with Gasteiger partial charge in [0.2, 0.25) is 5.91 Å². The fourth-order valence-electron chi connectivity index (χ4n) is 3.65. The van der Waals surface area contributed by atoms with Crippen LogP contribution in [0.25, 0.3) is 0 Å². The first-order chi connectivity index (χ1) is 9.52. The predicted molar refractivity (Wildman–Crippen MR) is 77.3 cm³/mol. The van der Waals surface area contributed by atoms with Crippen LogP contribution in [-0.4, -0.2) is 34.5 Å². The molecule has 0 aromatic heterocycles. The van der Waals surface area contributed by atoms with Gasteiger partial charge in [-0.1, -0.05) is 20.3 Å². The van der Waals surface area contributed by atoms with E-state index >= 15 is 0 Å². The summed E-state index contributed by atoms with van der Waals surface area (Å²) in [5, 5.41) is 9.42. The van der Waals surface area contributed by atoms with E-state index in [0.29, 0.717) is 24.8 Å². The van der Waals surface area contributed by atoms with Gasteiger partial charge in [0.1, 0.15) is 6.04 Å². The van der Waals surface area contributed by atoms with Crippen molar-refractivity contribution in [1.29, 1.82) is 0 Å². The number of carbonyl (C=O) groups excluding carboxylic acids is 1. The van der Waals surface area contributed by atoms with Crippen molar-refractivity contribution in [3.8, 4) is 0 Å². The van der Waals surface area contributed by atoms with E-state index in [2.05, 4.69) is 13.8 Å². The predicted octanol–water partition coefficient (Wildman–Crippen LogP) is 2.91. The molecule has 1 N–H and O–H groups in total. The number of rotatable bonds is 3. The Morgan fingerprint density at radius 1 is 1.15 bits per heavy atom. The quantitative estimate of drug-likeness (QED) is 0.865. The van der Waals surface area contributed by atoms with Crippen molar-refractivity contribution in [3.63, 3.8) is 0 Å². The summed E-state index contributed by atoms with van der Waals surface area (Å²) in [6, 6.07) is -0.597. The Morgan fingerprint density at radius 2 is 1.80 bits per heavy atom. The van der Waals surface area contributed by atoms with E-state index in [-0.39, 0.29) is 11.8 Å². The molecule has 2 atom stereocenters. The highest BCUT2D eigenvalue weighted by Gasteiger charge is 2.38. The number of aliphatic carboxylic acids is 1. The molecule has 2 fully saturated rings. The molecular weight excluding hydrogens is 254 g/mol. The number of piperidine rings is 1. The van der Waals surface area contributed by atoms with E-state index in [9.17, 15) is 14.7 Å². The zero-order valence-corrected chi connectivity index (χ0v) is 12.7. The number of likely N-dealkylation sites (tertiary alicyclic amines) is 1. The molecule has 114 valence electrons. The largest absolute Gasteiger partial charge is 0.480 e. The number of nitrogens with zero attached hydrogens (tertiary/aromatic N) is 1. The average Bonchev–Trinajstić information content (AvgIpc) is 2.46. The van der Waals surface area contributed by atoms with Gasteiger partial charge in [0.15, 0.2) is 0 Å². The molecule has 0 aromatic rings. The Bertz CT molecular complexity index is 361. The van der Waals surface area contributed by atoms with Gasteiger partial charge < -0.3 is 10.0 Å². The maximum atomic E-state index is 12.6. The molecule has 2 rings (SSSR count). The van der Waals surface area contributed by atoms with Gasteiger partial charge in [-0.05, 0) is 50.4 Å². The molecule has 0 aromatic carbocycles. The van der Waals surface area contributed by atoms with Crippen molar-refractivity contribution in [2.75, 3.05) is 6.54 Å². The van der Waals surface area contributed by atoms with Crippen LogP contribution in [0.2, 0.25) is 0 Å². The molecule has 2 aliphatic rings. The lowest BCUT2D eigenvalue weighted by Crippen LogP contribution is -2.52. The first-order valence-corrected chi connectivity index (χ1v) is 8.06. The fourth-order valence-corrected chi connectivity index (χ4v) is 3.65. The van der Waals surface area contributed by atoms with Gasteiger partial charge in [0, 0.05) is 12.5 Å². The second-order valence-electron chi connectivity index (χ2n) is 6.64. The SMILES string of the molecule is CCC1CCN(C(=O)C2CCC(C)CC2)C(C(=O)O)C1. The molecule has 4 heteroatoms. The van der Waals surface area contributed by atoms with Crippen LogP contribution in [-0.2, 0) is 9.59 Å². The van der Waals surface area contributed by atoms with Crippen LogP contribution in [0.1, 0.15) is 58.8 Å². The maximum absolute atomic E-state index is 12.6. The van der Waals surface area contributed by atoms with Crippen molar-refractivity contribution in [3.05, 3.63) is 0 Å². The standard InChI is InChI=1S/C16H27NO3/c1-3-12-8-9-17(14(10-12)16(19)20)15(18)13-6-4-11(2)5-7-13/h11-14H,3-10H2,1-2H3,(H,19,20). The number of hydrogen-bond donors (Lipinski definition) is 1. The third-order valence-electron chi connectivity index (χ3n) is 5.22. The Hall–Kier alpha value is -1.06. The van der Waals surface area contributed by atoms with Gasteiger partial charge in [-0.2, -0.15) is 0 Å². The molecule has 1 saturated carbocycles. The average molecular weight is 281 g/mol. The number of hydrogen-bond acceptors (Lipinski definition) is 2. The Kier molecular flexibility index (Phi) is 5.06. The van der Waals surface area contributed by atoms with E-state index in [1.54, 1.807) is 4.90 Å². The molecule has 1 aliphatic carbocycles. The molecule has 20 heavy (non-hydrogen) atoms. The van der Waals surface area contributed by atoms with Crippen LogP contribution in [0.4, 0.5) is 0 Å². The molecule has 0 spiro atoms.